The summed E-state index contributed by atoms with van der Waals surface area (Å²) in [6.45, 7) is 0. The Kier molecular flexibility index (Phi) is 1.96. The second-order valence-corrected chi connectivity index (χ2v) is 6.07. The highest BCUT2D eigenvalue weighted by Crippen LogP contribution is 2.59. The van der Waals surface area contributed by atoms with Crippen molar-refractivity contribution in [1.82, 2.24) is 0 Å². The third kappa shape index (κ3) is 1.25. The van der Waals surface area contributed by atoms with E-state index in [1.165, 1.54) is 44.9 Å². The molecule has 0 aromatic carbocycles. The Hall–Kier alpha value is -0.0400. The molecule has 4 aliphatic rings. The van der Waals surface area contributed by atoms with E-state index in [9.17, 15) is 5.11 Å². The minimum absolute atomic E-state index is 0.236. The minimum atomic E-state index is -0.236. The molecule has 1 N–H and O–H groups in total. The van der Waals surface area contributed by atoms with E-state index < -0.39 is 0 Å². The molecule has 0 amide bonds. The SMILES string of the molecule is OC12CCC(C3CCCC3)(CC1)CC2. The van der Waals surface area contributed by atoms with Crippen LogP contribution in [0.1, 0.15) is 64.2 Å². The van der Waals surface area contributed by atoms with Crippen LogP contribution in [-0.4, -0.2) is 10.7 Å². The van der Waals surface area contributed by atoms with Gasteiger partial charge >= 0.3 is 0 Å². The molecule has 80 valence electrons. The van der Waals surface area contributed by atoms with E-state index in [4.69, 9.17) is 0 Å². The van der Waals surface area contributed by atoms with Crippen LogP contribution in [0.3, 0.4) is 0 Å². The van der Waals surface area contributed by atoms with Gasteiger partial charge in [0.05, 0.1) is 5.60 Å². The monoisotopic (exact) mass is 194 g/mol. The Morgan fingerprint density at radius 3 is 1.79 bits per heavy atom. The number of aliphatic hydroxyl groups is 1. The normalized spacial score (nSPS) is 48.6. The quantitative estimate of drug-likeness (QED) is 0.679. The van der Waals surface area contributed by atoms with Gasteiger partial charge in [0.15, 0.2) is 0 Å². The second kappa shape index (κ2) is 2.98. The van der Waals surface area contributed by atoms with Gasteiger partial charge in [0.25, 0.3) is 0 Å². The van der Waals surface area contributed by atoms with E-state index in [0.29, 0.717) is 5.41 Å². The van der Waals surface area contributed by atoms with E-state index in [-0.39, 0.29) is 5.60 Å². The molecule has 0 spiro atoms. The summed E-state index contributed by atoms with van der Waals surface area (Å²) in [6.07, 6.45) is 13.2. The molecule has 0 saturated heterocycles. The molecule has 4 fully saturated rings. The summed E-state index contributed by atoms with van der Waals surface area (Å²) < 4.78 is 0. The van der Waals surface area contributed by atoms with Crippen LogP contribution in [0.2, 0.25) is 0 Å². The zero-order valence-electron chi connectivity index (χ0n) is 9.10. The third-order valence-electron chi connectivity index (χ3n) is 5.49. The summed E-state index contributed by atoms with van der Waals surface area (Å²) in [5, 5.41) is 10.2. The lowest BCUT2D eigenvalue weighted by Gasteiger charge is -2.54. The maximum atomic E-state index is 10.2. The molecule has 4 saturated carbocycles. The van der Waals surface area contributed by atoms with Crippen molar-refractivity contribution < 1.29 is 5.11 Å². The smallest absolute Gasteiger partial charge is 0.0648 e. The van der Waals surface area contributed by atoms with Gasteiger partial charge in [-0.1, -0.05) is 12.8 Å². The fourth-order valence-electron chi connectivity index (χ4n) is 4.35. The topological polar surface area (TPSA) is 20.2 Å². The van der Waals surface area contributed by atoms with Gasteiger partial charge in [-0.05, 0) is 62.7 Å². The zero-order valence-corrected chi connectivity index (χ0v) is 9.10. The van der Waals surface area contributed by atoms with Gasteiger partial charge in [-0.2, -0.15) is 0 Å². The number of rotatable bonds is 1. The van der Waals surface area contributed by atoms with Crippen molar-refractivity contribution in [3.05, 3.63) is 0 Å². The highest BCUT2D eigenvalue weighted by molar-refractivity contribution is 5.03. The van der Waals surface area contributed by atoms with E-state index >= 15 is 0 Å². The zero-order chi connectivity index (χ0) is 9.65. The largest absolute Gasteiger partial charge is 0.390 e. The summed E-state index contributed by atoms with van der Waals surface area (Å²) >= 11 is 0. The molecule has 4 rings (SSSR count). The molecule has 0 atom stereocenters. The molecule has 0 unspecified atom stereocenters. The highest BCUT2D eigenvalue weighted by atomic mass is 16.3. The molecule has 1 heteroatoms. The summed E-state index contributed by atoms with van der Waals surface area (Å²) in [6, 6.07) is 0. The molecule has 14 heavy (non-hydrogen) atoms. The molecule has 0 aromatic heterocycles. The van der Waals surface area contributed by atoms with Gasteiger partial charge in [0, 0.05) is 0 Å². The van der Waals surface area contributed by atoms with E-state index in [0.717, 1.165) is 25.2 Å². The molecule has 0 radical (unpaired) electrons. The number of fused-ring (bicyclic) bond motifs is 3. The maximum absolute atomic E-state index is 10.2. The van der Waals surface area contributed by atoms with E-state index in [1.54, 1.807) is 0 Å². The number of hydrogen-bond acceptors (Lipinski definition) is 1. The van der Waals surface area contributed by atoms with Crippen LogP contribution in [0.4, 0.5) is 0 Å². The maximum Gasteiger partial charge on any atom is 0.0648 e. The molecular formula is C13H22O. The Balaban J connectivity index is 1.78. The summed E-state index contributed by atoms with van der Waals surface area (Å²) in [4.78, 5) is 0. The van der Waals surface area contributed by atoms with Crippen LogP contribution >= 0.6 is 0 Å². The predicted molar refractivity (Wildman–Crippen MR) is 57.0 cm³/mol. The van der Waals surface area contributed by atoms with Gasteiger partial charge in [-0.3, -0.25) is 0 Å². The van der Waals surface area contributed by atoms with Crippen LogP contribution in [0.25, 0.3) is 0 Å². The molecule has 0 aromatic rings. The molecule has 4 aliphatic carbocycles. The lowest BCUT2D eigenvalue weighted by atomic mass is 9.54. The van der Waals surface area contributed by atoms with Crippen LogP contribution in [0.15, 0.2) is 0 Å². The van der Waals surface area contributed by atoms with Gasteiger partial charge in [-0.25, -0.2) is 0 Å². The van der Waals surface area contributed by atoms with Crippen molar-refractivity contribution in [3.63, 3.8) is 0 Å². The summed E-state index contributed by atoms with van der Waals surface area (Å²) in [5.74, 6) is 1.02. The average Bonchev–Trinajstić information content (AvgIpc) is 2.73. The second-order valence-electron chi connectivity index (χ2n) is 6.07. The third-order valence-corrected chi connectivity index (χ3v) is 5.49. The lowest BCUT2D eigenvalue weighted by molar-refractivity contribution is -0.111. The first-order valence-electron chi connectivity index (χ1n) is 6.45. The first-order chi connectivity index (χ1) is 6.73. The fourth-order valence-corrected chi connectivity index (χ4v) is 4.35. The molecule has 0 aliphatic heterocycles. The Morgan fingerprint density at radius 1 is 0.786 bits per heavy atom. The van der Waals surface area contributed by atoms with Crippen molar-refractivity contribution in [3.8, 4) is 0 Å². The summed E-state index contributed by atoms with van der Waals surface area (Å²) in [5.41, 5.74) is 0.446. The van der Waals surface area contributed by atoms with Crippen molar-refractivity contribution in [2.45, 2.75) is 69.8 Å². The molecule has 1 nitrogen and oxygen atoms in total. The number of hydrogen-bond donors (Lipinski definition) is 1. The highest BCUT2D eigenvalue weighted by Gasteiger charge is 2.51. The first-order valence-corrected chi connectivity index (χ1v) is 6.45. The lowest BCUT2D eigenvalue weighted by Crippen LogP contribution is -2.48. The van der Waals surface area contributed by atoms with Crippen molar-refractivity contribution in [2.24, 2.45) is 11.3 Å². The fraction of sp³-hybridized carbons (Fsp3) is 1.00. The van der Waals surface area contributed by atoms with E-state index in [1.807, 2.05) is 0 Å². The van der Waals surface area contributed by atoms with Crippen LogP contribution in [-0.2, 0) is 0 Å². The van der Waals surface area contributed by atoms with Crippen LogP contribution in [0, 0.1) is 11.3 Å². The first kappa shape index (κ1) is 9.21. The molecule has 2 bridgehead atoms. The van der Waals surface area contributed by atoms with Crippen molar-refractivity contribution in [1.29, 1.82) is 0 Å². The van der Waals surface area contributed by atoms with Gasteiger partial charge in [0.2, 0.25) is 0 Å². The van der Waals surface area contributed by atoms with Gasteiger partial charge in [0.1, 0.15) is 0 Å². The minimum Gasteiger partial charge on any atom is -0.390 e. The Bertz CT molecular complexity index is 203. The van der Waals surface area contributed by atoms with Crippen molar-refractivity contribution >= 4 is 0 Å². The molecular weight excluding hydrogens is 172 g/mol. The van der Waals surface area contributed by atoms with Gasteiger partial charge in [-0.15, -0.1) is 0 Å². The van der Waals surface area contributed by atoms with Crippen molar-refractivity contribution in [2.75, 3.05) is 0 Å². The predicted octanol–water partition coefficient (Wildman–Crippen LogP) is 3.26. The van der Waals surface area contributed by atoms with Crippen LogP contribution in [0.5, 0.6) is 0 Å². The summed E-state index contributed by atoms with van der Waals surface area (Å²) in [7, 11) is 0. The average molecular weight is 194 g/mol. The Labute approximate surface area is 86.9 Å². The standard InChI is InChI=1S/C13H22O/c14-13-8-5-12(6-9-13,7-10-13)11-3-1-2-4-11/h11,14H,1-10H2. The Morgan fingerprint density at radius 2 is 1.29 bits per heavy atom. The molecule has 0 heterocycles. The van der Waals surface area contributed by atoms with Crippen LogP contribution < -0.4 is 0 Å². The van der Waals surface area contributed by atoms with E-state index in [2.05, 4.69) is 0 Å². The van der Waals surface area contributed by atoms with Gasteiger partial charge < -0.3 is 5.11 Å².